The zero-order valence-electron chi connectivity index (χ0n) is 15.6. The van der Waals surface area contributed by atoms with E-state index in [-0.39, 0.29) is 0 Å². The van der Waals surface area contributed by atoms with Crippen LogP contribution in [0.15, 0.2) is 54.9 Å². The summed E-state index contributed by atoms with van der Waals surface area (Å²) >= 11 is 0. The van der Waals surface area contributed by atoms with Gasteiger partial charge >= 0.3 is 0 Å². The van der Waals surface area contributed by atoms with Gasteiger partial charge in [0.25, 0.3) is 0 Å². The average Bonchev–Trinajstić information content (AvgIpc) is 3.62. The molecule has 28 heavy (non-hydrogen) atoms. The van der Waals surface area contributed by atoms with Gasteiger partial charge in [-0.1, -0.05) is 12.1 Å². The van der Waals surface area contributed by atoms with Crippen molar-refractivity contribution in [2.75, 3.05) is 18.5 Å². The highest BCUT2D eigenvalue weighted by molar-refractivity contribution is 5.66. The van der Waals surface area contributed by atoms with Crippen molar-refractivity contribution in [1.29, 1.82) is 0 Å². The molecule has 2 unspecified atom stereocenters. The van der Waals surface area contributed by atoms with Crippen LogP contribution in [0, 0.1) is 11.8 Å². The van der Waals surface area contributed by atoms with E-state index < -0.39 is 0 Å². The third-order valence-corrected chi connectivity index (χ3v) is 5.49. The monoisotopic (exact) mass is 373 g/mol. The second-order valence-corrected chi connectivity index (χ2v) is 7.45. The van der Waals surface area contributed by atoms with Gasteiger partial charge < -0.3 is 15.8 Å². The maximum absolute atomic E-state index is 5.78. The Morgan fingerprint density at radius 1 is 1.07 bits per heavy atom. The fourth-order valence-corrected chi connectivity index (χ4v) is 3.75. The minimum atomic E-state index is 0.534. The highest BCUT2D eigenvalue weighted by Crippen LogP contribution is 2.73. The summed E-state index contributed by atoms with van der Waals surface area (Å²) in [4.78, 5) is 13.4. The Hall–Kier alpha value is -2.99. The van der Waals surface area contributed by atoms with Gasteiger partial charge in [0.1, 0.15) is 0 Å². The lowest BCUT2D eigenvalue weighted by molar-refractivity contribution is 0.303. The second kappa shape index (κ2) is 7.20. The van der Waals surface area contributed by atoms with Crippen molar-refractivity contribution in [1.82, 2.24) is 15.0 Å². The van der Waals surface area contributed by atoms with Crippen molar-refractivity contribution >= 4 is 11.6 Å². The molecule has 2 saturated carbocycles. The molecule has 3 aromatic rings. The van der Waals surface area contributed by atoms with Gasteiger partial charge in [-0.05, 0) is 73.0 Å². The number of pyridine rings is 1. The first-order chi connectivity index (χ1) is 13.8. The van der Waals surface area contributed by atoms with Crippen LogP contribution >= 0.6 is 0 Å². The van der Waals surface area contributed by atoms with E-state index in [4.69, 9.17) is 10.5 Å². The fraction of sp³-hybridized carbons (Fsp3) is 0.318. The van der Waals surface area contributed by atoms with Gasteiger partial charge in [0.15, 0.2) is 0 Å². The Labute approximate surface area is 164 Å². The first kappa shape index (κ1) is 17.1. The fourth-order valence-electron chi connectivity index (χ4n) is 3.75. The molecule has 0 saturated heterocycles. The Morgan fingerprint density at radius 2 is 2.00 bits per heavy atom. The lowest BCUT2D eigenvalue weighted by Gasteiger charge is -2.11. The number of nitrogens with zero attached hydrogens (tertiary/aromatic N) is 3. The van der Waals surface area contributed by atoms with Crippen LogP contribution < -0.4 is 15.8 Å². The van der Waals surface area contributed by atoms with Crippen molar-refractivity contribution in [2.45, 2.75) is 18.8 Å². The number of anilines is 2. The molecule has 1 aromatic carbocycles. The largest absolute Gasteiger partial charge is 0.477 e. The number of ether oxygens (including phenoxy) is 1. The topological polar surface area (TPSA) is 86.0 Å². The maximum atomic E-state index is 5.78. The molecular formula is C22H23N5O. The molecule has 2 aliphatic rings. The smallest absolute Gasteiger partial charge is 0.227 e. The zero-order chi connectivity index (χ0) is 18.9. The Bertz CT molecular complexity index is 984. The molecule has 6 heteroatoms. The number of rotatable bonds is 8. The molecule has 5 rings (SSSR count). The minimum Gasteiger partial charge on any atom is -0.477 e. The van der Waals surface area contributed by atoms with Crippen LogP contribution in [0.4, 0.5) is 11.6 Å². The second-order valence-electron chi connectivity index (χ2n) is 7.45. The van der Waals surface area contributed by atoms with Crippen molar-refractivity contribution < 1.29 is 4.74 Å². The van der Waals surface area contributed by atoms with Crippen molar-refractivity contribution in [2.24, 2.45) is 17.6 Å². The first-order valence-electron chi connectivity index (χ1n) is 9.82. The predicted molar refractivity (Wildman–Crippen MR) is 108 cm³/mol. The lowest BCUT2D eigenvalue weighted by atomic mass is 10.0. The summed E-state index contributed by atoms with van der Waals surface area (Å²) in [6, 6.07) is 14.3. The van der Waals surface area contributed by atoms with Gasteiger partial charge in [-0.15, -0.1) is 0 Å². The molecule has 2 atom stereocenters. The van der Waals surface area contributed by atoms with E-state index in [1.165, 1.54) is 12.0 Å². The Morgan fingerprint density at radius 3 is 2.82 bits per heavy atom. The zero-order valence-corrected chi connectivity index (χ0v) is 15.6. The molecule has 0 spiro atoms. The van der Waals surface area contributed by atoms with Gasteiger partial charge in [0, 0.05) is 18.1 Å². The summed E-state index contributed by atoms with van der Waals surface area (Å²) in [5, 5.41) is 3.34. The van der Waals surface area contributed by atoms with Crippen molar-refractivity contribution in [3.05, 3.63) is 60.4 Å². The van der Waals surface area contributed by atoms with Crippen LogP contribution in [0.3, 0.4) is 0 Å². The summed E-state index contributed by atoms with van der Waals surface area (Å²) < 4.78 is 5.78. The van der Waals surface area contributed by atoms with E-state index in [0.29, 0.717) is 25.0 Å². The highest BCUT2D eigenvalue weighted by Gasteiger charge is 2.64. The predicted octanol–water partition coefficient (Wildman–Crippen LogP) is 3.74. The number of nitrogens with one attached hydrogen (secondary N) is 1. The van der Waals surface area contributed by atoms with Crippen LogP contribution in [0.1, 0.15) is 24.3 Å². The molecule has 0 bridgehead atoms. The van der Waals surface area contributed by atoms with Crippen LogP contribution in [0.25, 0.3) is 11.3 Å². The Kier molecular flexibility index (Phi) is 4.41. The molecule has 142 valence electrons. The summed E-state index contributed by atoms with van der Waals surface area (Å²) in [7, 11) is 0. The van der Waals surface area contributed by atoms with E-state index >= 15 is 0 Å². The summed E-state index contributed by atoms with van der Waals surface area (Å²) in [6.07, 6.45) is 5.66. The van der Waals surface area contributed by atoms with Gasteiger partial charge in [-0.2, -0.15) is 0 Å². The van der Waals surface area contributed by atoms with E-state index in [0.717, 1.165) is 41.1 Å². The molecule has 2 aromatic heterocycles. The Balaban J connectivity index is 1.35. The summed E-state index contributed by atoms with van der Waals surface area (Å²) in [6.45, 7) is 1.12. The number of hydrogen-bond donors (Lipinski definition) is 2. The van der Waals surface area contributed by atoms with Crippen LogP contribution in [0.5, 0.6) is 5.88 Å². The lowest BCUT2D eigenvalue weighted by Crippen LogP contribution is -2.07. The molecule has 0 radical (unpaired) electrons. The molecule has 2 heterocycles. The number of hydrogen-bond acceptors (Lipinski definition) is 6. The number of benzene rings is 1. The molecule has 3 N–H and O–H groups in total. The molecule has 2 fully saturated rings. The molecular weight excluding hydrogens is 350 g/mol. The summed E-state index contributed by atoms with van der Waals surface area (Å²) in [5.41, 5.74) is 9.61. The van der Waals surface area contributed by atoms with Gasteiger partial charge in [-0.3, -0.25) is 0 Å². The number of nitrogens with two attached hydrogens (primary N) is 1. The minimum absolute atomic E-state index is 0.534. The molecule has 0 amide bonds. The van der Waals surface area contributed by atoms with Crippen LogP contribution in [-0.2, 0) is 0 Å². The average molecular weight is 373 g/mol. The number of aromatic nitrogens is 3. The SMILES string of the molecule is NCCCOc1ncccc1-c1ccnc(Nc2cccc(C3C4CC43)c2)n1. The van der Waals surface area contributed by atoms with E-state index in [1.807, 2.05) is 18.2 Å². The van der Waals surface area contributed by atoms with Gasteiger partial charge in [0.05, 0.1) is 17.9 Å². The number of fused-ring (bicyclic) bond motifs is 1. The van der Waals surface area contributed by atoms with E-state index in [9.17, 15) is 0 Å². The van der Waals surface area contributed by atoms with Gasteiger partial charge in [-0.25, -0.2) is 15.0 Å². The third kappa shape index (κ3) is 3.43. The normalized spacial score (nSPS) is 21.7. The van der Waals surface area contributed by atoms with Crippen LogP contribution in [-0.4, -0.2) is 28.1 Å². The highest BCUT2D eigenvalue weighted by atomic mass is 16.5. The van der Waals surface area contributed by atoms with Crippen LogP contribution in [0.2, 0.25) is 0 Å². The summed E-state index contributed by atoms with van der Waals surface area (Å²) in [5.74, 6) is 3.79. The van der Waals surface area contributed by atoms with Crippen molar-refractivity contribution in [3.8, 4) is 17.1 Å². The van der Waals surface area contributed by atoms with E-state index in [2.05, 4.69) is 44.5 Å². The molecule has 0 aliphatic heterocycles. The maximum Gasteiger partial charge on any atom is 0.227 e. The molecule has 2 aliphatic carbocycles. The first-order valence-corrected chi connectivity index (χ1v) is 9.82. The molecule has 6 nitrogen and oxygen atoms in total. The van der Waals surface area contributed by atoms with Gasteiger partial charge in [0.2, 0.25) is 11.8 Å². The standard InChI is InChI=1S/C22H23N5O/c23-8-3-11-28-21-16(6-2-9-24-21)19-7-10-25-22(27-19)26-15-5-1-4-14(12-15)20-17-13-18(17)20/h1-2,4-7,9-10,12,17-18,20H,3,8,11,13,23H2,(H,25,26,27). The third-order valence-electron chi connectivity index (χ3n) is 5.49. The van der Waals surface area contributed by atoms with Crippen molar-refractivity contribution in [3.63, 3.8) is 0 Å². The quantitative estimate of drug-likeness (QED) is 0.585. The van der Waals surface area contributed by atoms with E-state index in [1.54, 1.807) is 12.4 Å².